The highest BCUT2D eigenvalue weighted by Gasteiger charge is 2.34. The van der Waals surface area contributed by atoms with Crippen LogP contribution in [0.15, 0.2) is 89.0 Å². The summed E-state index contributed by atoms with van der Waals surface area (Å²) in [6, 6.07) is 22.5. The maximum Gasteiger partial charge on any atom is 0.333 e. The van der Waals surface area contributed by atoms with E-state index in [-0.39, 0.29) is 18.2 Å². The maximum atomic E-state index is 12.7. The monoisotopic (exact) mass is 491 g/mol. The van der Waals surface area contributed by atoms with Crippen LogP contribution in [-0.4, -0.2) is 24.5 Å². The van der Waals surface area contributed by atoms with E-state index in [0.717, 1.165) is 4.90 Å². The van der Waals surface area contributed by atoms with Crippen LogP contribution in [0.4, 0.5) is 16.2 Å². The Morgan fingerprint density at radius 1 is 1.00 bits per heavy atom. The molecule has 0 saturated carbocycles. The lowest BCUT2D eigenvalue weighted by Crippen LogP contribution is -2.30. The number of hydrogen-bond acceptors (Lipinski definition) is 4. The fraction of sp³-hybridized carbons (Fsp3) is 0.0417. The second kappa shape index (κ2) is 9.49. The summed E-state index contributed by atoms with van der Waals surface area (Å²) in [6.07, 6.45) is 1.58. The molecular weight excluding hydrogens is 474 g/mol. The maximum absolute atomic E-state index is 12.7. The van der Waals surface area contributed by atoms with Crippen LogP contribution in [0, 0.1) is 0 Å². The van der Waals surface area contributed by atoms with Gasteiger partial charge in [-0.05, 0) is 64.0 Å². The van der Waals surface area contributed by atoms with Gasteiger partial charge in [0.15, 0.2) is 6.61 Å². The van der Waals surface area contributed by atoms with Crippen LogP contribution >= 0.6 is 15.9 Å². The molecule has 4 amide bonds. The zero-order chi connectivity index (χ0) is 22.5. The highest BCUT2D eigenvalue weighted by molar-refractivity contribution is 9.10. The Balaban J connectivity index is 1.42. The SMILES string of the molecule is O=C(COc1ccc(/C=C2/NC(=O)N(c3ccccc3)C2=O)cc1Br)Nc1ccccc1. The number of halogens is 1. The zero-order valence-electron chi connectivity index (χ0n) is 16.7. The minimum atomic E-state index is -0.504. The lowest BCUT2D eigenvalue weighted by Gasteiger charge is -2.11. The topological polar surface area (TPSA) is 87.7 Å². The Bertz CT molecular complexity index is 1200. The summed E-state index contributed by atoms with van der Waals surface area (Å²) in [5.74, 6) is -0.243. The van der Waals surface area contributed by atoms with Gasteiger partial charge in [-0.15, -0.1) is 0 Å². The number of nitrogens with zero attached hydrogens (tertiary/aromatic N) is 1. The van der Waals surface area contributed by atoms with Gasteiger partial charge in [-0.2, -0.15) is 0 Å². The van der Waals surface area contributed by atoms with Gasteiger partial charge in [0, 0.05) is 5.69 Å². The quantitative estimate of drug-likeness (QED) is 0.390. The van der Waals surface area contributed by atoms with E-state index in [9.17, 15) is 14.4 Å². The molecule has 7 nitrogen and oxygen atoms in total. The van der Waals surface area contributed by atoms with Gasteiger partial charge in [-0.3, -0.25) is 9.59 Å². The van der Waals surface area contributed by atoms with Crippen molar-refractivity contribution >= 4 is 51.2 Å². The van der Waals surface area contributed by atoms with Crippen molar-refractivity contribution < 1.29 is 19.1 Å². The van der Waals surface area contributed by atoms with Gasteiger partial charge in [0.2, 0.25) is 0 Å². The number of imide groups is 1. The Hall–Kier alpha value is -3.91. The molecule has 4 rings (SSSR count). The van der Waals surface area contributed by atoms with Crippen molar-refractivity contribution in [1.82, 2.24) is 5.32 Å². The molecule has 0 atom stereocenters. The van der Waals surface area contributed by atoms with Gasteiger partial charge in [0.25, 0.3) is 11.8 Å². The highest BCUT2D eigenvalue weighted by Crippen LogP contribution is 2.28. The molecule has 1 fully saturated rings. The van der Waals surface area contributed by atoms with E-state index in [2.05, 4.69) is 26.6 Å². The number of carbonyl (C=O) groups is 3. The van der Waals surface area contributed by atoms with E-state index < -0.39 is 11.9 Å². The van der Waals surface area contributed by atoms with Crippen molar-refractivity contribution in [2.75, 3.05) is 16.8 Å². The molecule has 0 radical (unpaired) electrons. The molecule has 1 aliphatic heterocycles. The molecule has 0 bridgehead atoms. The molecule has 0 unspecified atom stereocenters. The summed E-state index contributed by atoms with van der Waals surface area (Å²) in [4.78, 5) is 38.1. The molecule has 1 aliphatic rings. The van der Waals surface area contributed by atoms with Gasteiger partial charge in [0.05, 0.1) is 10.2 Å². The van der Waals surface area contributed by atoms with Gasteiger partial charge < -0.3 is 15.4 Å². The van der Waals surface area contributed by atoms with Crippen LogP contribution < -0.4 is 20.3 Å². The van der Waals surface area contributed by atoms with Crippen molar-refractivity contribution in [3.8, 4) is 5.75 Å². The fourth-order valence-electron chi connectivity index (χ4n) is 3.10. The largest absolute Gasteiger partial charge is 0.483 e. The van der Waals surface area contributed by atoms with E-state index in [0.29, 0.717) is 27.2 Å². The number of rotatable bonds is 6. The van der Waals surface area contributed by atoms with E-state index in [1.807, 2.05) is 24.3 Å². The molecule has 0 aliphatic carbocycles. The predicted octanol–water partition coefficient (Wildman–Crippen LogP) is 4.56. The molecule has 3 aromatic rings. The second-order valence-corrected chi connectivity index (χ2v) is 7.71. The minimum Gasteiger partial charge on any atom is -0.483 e. The summed E-state index contributed by atoms with van der Waals surface area (Å²) in [6.45, 7) is -0.158. The number of para-hydroxylation sites is 2. The summed E-state index contributed by atoms with van der Waals surface area (Å²) in [5.41, 5.74) is 2.03. The summed E-state index contributed by atoms with van der Waals surface area (Å²) < 4.78 is 6.19. The Kier molecular flexibility index (Phi) is 6.32. The van der Waals surface area contributed by atoms with Crippen LogP contribution in [0.3, 0.4) is 0 Å². The normalized spacial score (nSPS) is 14.4. The van der Waals surface area contributed by atoms with Gasteiger partial charge in [-0.25, -0.2) is 9.69 Å². The lowest BCUT2D eigenvalue weighted by molar-refractivity contribution is -0.118. The summed E-state index contributed by atoms with van der Waals surface area (Å²) in [5, 5.41) is 5.34. The molecule has 0 aromatic heterocycles. The Labute approximate surface area is 192 Å². The average Bonchev–Trinajstić information content (AvgIpc) is 3.07. The van der Waals surface area contributed by atoms with Gasteiger partial charge >= 0.3 is 6.03 Å². The number of carbonyl (C=O) groups excluding carboxylic acids is 3. The molecule has 1 saturated heterocycles. The number of anilines is 2. The second-order valence-electron chi connectivity index (χ2n) is 6.86. The zero-order valence-corrected chi connectivity index (χ0v) is 18.3. The first kappa shape index (κ1) is 21.3. The smallest absolute Gasteiger partial charge is 0.333 e. The first-order valence-electron chi connectivity index (χ1n) is 9.71. The van der Waals surface area contributed by atoms with E-state index >= 15 is 0 Å². The average molecular weight is 492 g/mol. The van der Waals surface area contributed by atoms with Crippen LogP contribution in [-0.2, 0) is 9.59 Å². The number of benzene rings is 3. The summed E-state index contributed by atoms with van der Waals surface area (Å²) >= 11 is 3.42. The predicted molar refractivity (Wildman–Crippen MR) is 125 cm³/mol. The van der Waals surface area contributed by atoms with Crippen LogP contribution in [0.5, 0.6) is 5.75 Å². The molecule has 1 heterocycles. The molecule has 8 heteroatoms. The third kappa shape index (κ3) is 4.87. The van der Waals surface area contributed by atoms with E-state index in [1.165, 1.54) is 0 Å². The number of ether oxygens (including phenoxy) is 1. The Morgan fingerprint density at radius 3 is 2.38 bits per heavy atom. The van der Waals surface area contributed by atoms with Crippen molar-refractivity contribution in [2.24, 2.45) is 0 Å². The summed E-state index contributed by atoms with van der Waals surface area (Å²) in [7, 11) is 0. The number of urea groups is 1. The van der Waals surface area contributed by atoms with Crippen molar-refractivity contribution in [3.05, 3.63) is 94.6 Å². The first-order valence-corrected chi connectivity index (χ1v) is 10.5. The molecule has 160 valence electrons. The van der Waals surface area contributed by atoms with Crippen LogP contribution in [0.25, 0.3) is 6.08 Å². The van der Waals surface area contributed by atoms with Crippen molar-refractivity contribution in [3.63, 3.8) is 0 Å². The molecule has 32 heavy (non-hydrogen) atoms. The van der Waals surface area contributed by atoms with E-state index in [1.54, 1.807) is 60.7 Å². The van der Waals surface area contributed by atoms with Gasteiger partial charge in [-0.1, -0.05) is 42.5 Å². The fourth-order valence-corrected chi connectivity index (χ4v) is 3.61. The standard InChI is InChI=1S/C24H18BrN3O4/c25-19-13-16(11-12-21(19)32-15-22(29)26-17-7-3-1-4-8-17)14-20-23(30)28(24(31)27-20)18-9-5-2-6-10-18/h1-14H,15H2,(H,26,29)(H,27,31)/b20-14+. The minimum absolute atomic E-state index is 0.158. The number of nitrogens with one attached hydrogen (secondary N) is 2. The highest BCUT2D eigenvalue weighted by atomic mass is 79.9. The number of hydrogen-bond donors (Lipinski definition) is 2. The first-order chi connectivity index (χ1) is 15.5. The number of amides is 4. The van der Waals surface area contributed by atoms with Crippen molar-refractivity contribution in [1.29, 1.82) is 0 Å². The molecule has 3 aromatic carbocycles. The van der Waals surface area contributed by atoms with E-state index in [4.69, 9.17) is 4.74 Å². The lowest BCUT2D eigenvalue weighted by atomic mass is 10.2. The molecular formula is C24H18BrN3O4. The molecule has 2 N–H and O–H groups in total. The van der Waals surface area contributed by atoms with Crippen LogP contribution in [0.2, 0.25) is 0 Å². The van der Waals surface area contributed by atoms with Crippen molar-refractivity contribution in [2.45, 2.75) is 0 Å². The van der Waals surface area contributed by atoms with Gasteiger partial charge in [0.1, 0.15) is 11.4 Å². The van der Waals surface area contributed by atoms with Crippen LogP contribution in [0.1, 0.15) is 5.56 Å². The Morgan fingerprint density at radius 2 is 1.69 bits per heavy atom. The molecule has 0 spiro atoms. The third-order valence-corrected chi connectivity index (χ3v) is 5.20. The third-order valence-electron chi connectivity index (χ3n) is 4.58.